The third kappa shape index (κ3) is 5.41. The first-order valence-corrected chi connectivity index (χ1v) is 12.7. The van der Waals surface area contributed by atoms with Crippen LogP contribution in [0.2, 0.25) is 0 Å². The minimum atomic E-state index is 0.177. The van der Waals surface area contributed by atoms with E-state index >= 15 is 0 Å². The van der Waals surface area contributed by atoms with Gasteiger partial charge in [-0.05, 0) is 51.0 Å². The fourth-order valence-electron chi connectivity index (χ4n) is 4.48. The molecule has 0 saturated heterocycles. The first kappa shape index (κ1) is 23.4. The monoisotopic (exact) mass is 464 g/mol. The van der Waals surface area contributed by atoms with E-state index < -0.39 is 0 Å². The minimum Gasteiger partial charge on any atom is -0.497 e. The number of hydrogen-bond donors (Lipinski definition) is 0. The van der Waals surface area contributed by atoms with E-state index in [4.69, 9.17) is 4.74 Å². The van der Waals surface area contributed by atoms with E-state index in [9.17, 15) is 4.79 Å². The molecule has 0 spiro atoms. The molecule has 0 bridgehead atoms. The Labute approximate surface area is 200 Å². The van der Waals surface area contributed by atoms with Gasteiger partial charge in [0.15, 0.2) is 11.0 Å². The summed E-state index contributed by atoms with van der Waals surface area (Å²) >= 11 is 1.45. The largest absolute Gasteiger partial charge is 0.497 e. The summed E-state index contributed by atoms with van der Waals surface area (Å²) in [5.41, 5.74) is 3.07. The van der Waals surface area contributed by atoms with Gasteiger partial charge in [0.25, 0.3) is 0 Å². The zero-order chi connectivity index (χ0) is 23.2. The third-order valence-corrected chi connectivity index (χ3v) is 7.17. The Bertz CT molecular complexity index is 1070. The Morgan fingerprint density at radius 3 is 2.58 bits per heavy atom. The van der Waals surface area contributed by atoms with Crippen LogP contribution in [0.3, 0.4) is 0 Å². The lowest BCUT2D eigenvalue weighted by molar-refractivity contribution is -0.131. The number of amides is 1. The summed E-state index contributed by atoms with van der Waals surface area (Å²) in [6, 6.07) is 16.5. The van der Waals surface area contributed by atoms with E-state index in [1.807, 2.05) is 28.8 Å². The molecular weight excluding hydrogens is 432 g/mol. The van der Waals surface area contributed by atoms with Crippen molar-refractivity contribution in [3.8, 4) is 22.8 Å². The van der Waals surface area contributed by atoms with Gasteiger partial charge in [-0.25, -0.2) is 0 Å². The van der Waals surface area contributed by atoms with Crippen molar-refractivity contribution in [2.45, 2.75) is 57.1 Å². The summed E-state index contributed by atoms with van der Waals surface area (Å²) in [4.78, 5) is 15.2. The Morgan fingerprint density at radius 2 is 1.88 bits per heavy atom. The highest BCUT2D eigenvalue weighted by Crippen LogP contribution is 2.30. The number of benzene rings is 2. The van der Waals surface area contributed by atoms with Gasteiger partial charge >= 0.3 is 0 Å². The predicted octanol–water partition coefficient (Wildman–Crippen LogP) is 5.52. The summed E-state index contributed by atoms with van der Waals surface area (Å²) in [6.45, 7) is 4.90. The first-order chi connectivity index (χ1) is 16.1. The molecule has 0 unspecified atom stereocenters. The molecule has 1 heterocycles. The summed E-state index contributed by atoms with van der Waals surface area (Å²) < 4.78 is 7.44. The maximum absolute atomic E-state index is 13.1. The van der Waals surface area contributed by atoms with Crippen LogP contribution >= 0.6 is 11.8 Å². The van der Waals surface area contributed by atoms with Crippen molar-refractivity contribution >= 4 is 17.7 Å². The molecule has 1 aliphatic carbocycles. The lowest BCUT2D eigenvalue weighted by Gasteiger charge is -2.33. The van der Waals surface area contributed by atoms with Crippen LogP contribution in [0, 0.1) is 6.92 Å². The summed E-state index contributed by atoms with van der Waals surface area (Å²) in [6.07, 6.45) is 5.94. The van der Waals surface area contributed by atoms with Crippen molar-refractivity contribution in [1.29, 1.82) is 0 Å². The molecule has 1 aromatic heterocycles. The van der Waals surface area contributed by atoms with E-state index in [0.29, 0.717) is 17.0 Å². The molecule has 0 atom stereocenters. The molecule has 174 valence electrons. The molecule has 1 fully saturated rings. The van der Waals surface area contributed by atoms with Crippen LogP contribution in [-0.2, 0) is 4.79 Å². The van der Waals surface area contributed by atoms with Gasteiger partial charge in [0.05, 0.1) is 12.9 Å². The highest BCUT2D eigenvalue weighted by molar-refractivity contribution is 7.99. The molecule has 0 radical (unpaired) electrons. The third-order valence-electron chi connectivity index (χ3n) is 6.25. The lowest BCUT2D eigenvalue weighted by Crippen LogP contribution is -2.42. The summed E-state index contributed by atoms with van der Waals surface area (Å²) in [7, 11) is 1.66. The number of carbonyl (C=O) groups is 1. The Hall–Kier alpha value is -2.80. The molecule has 4 rings (SSSR count). The predicted molar refractivity (Wildman–Crippen MR) is 133 cm³/mol. The number of aromatic nitrogens is 3. The number of aryl methyl sites for hydroxylation is 1. The first-order valence-electron chi connectivity index (χ1n) is 11.7. The summed E-state index contributed by atoms with van der Waals surface area (Å²) in [5, 5.41) is 9.70. The highest BCUT2D eigenvalue weighted by atomic mass is 32.2. The SMILES string of the molecule is CCN(C(=O)CSc1nnc(-c2cccc(OC)c2)n1-c1ccc(C)cc1)C1CCCCC1. The van der Waals surface area contributed by atoms with Gasteiger partial charge in [0.2, 0.25) is 5.91 Å². The molecule has 7 heteroatoms. The van der Waals surface area contributed by atoms with Crippen molar-refractivity contribution in [1.82, 2.24) is 19.7 Å². The lowest BCUT2D eigenvalue weighted by atomic mass is 9.94. The van der Waals surface area contributed by atoms with Gasteiger partial charge in [0.1, 0.15) is 5.75 Å². The Balaban J connectivity index is 1.61. The molecule has 1 saturated carbocycles. The zero-order valence-corrected chi connectivity index (χ0v) is 20.5. The van der Waals surface area contributed by atoms with Crippen LogP contribution < -0.4 is 4.74 Å². The molecule has 3 aromatic rings. The Morgan fingerprint density at radius 1 is 1.12 bits per heavy atom. The van der Waals surface area contributed by atoms with E-state index in [1.165, 1.54) is 36.6 Å². The number of carbonyl (C=O) groups excluding carboxylic acids is 1. The normalized spacial score (nSPS) is 14.3. The average Bonchev–Trinajstić information content (AvgIpc) is 3.28. The maximum atomic E-state index is 13.1. The maximum Gasteiger partial charge on any atom is 0.233 e. The van der Waals surface area contributed by atoms with Crippen molar-refractivity contribution in [2.24, 2.45) is 0 Å². The quantitative estimate of drug-likeness (QED) is 0.411. The van der Waals surface area contributed by atoms with Gasteiger partial charge in [0, 0.05) is 23.8 Å². The molecule has 2 aromatic carbocycles. The molecule has 1 aliphatic rings. The van der Waals surface area contributed by atoms with Gasteiger partial charge in [-0.1, -0.05) is 60.9 Å². The summed E-state index contributed by atoms with van der Waals surface area (Å²) in [5.74, 6) is 2.02. The average molecular weight is 465 g/mol. The van der Waals surface area contributed by atoms with E-state index in [0.717, 1.165) is 42.2 Å². The number of hydrogen-bond acceptors (Lipinski definition) is 5. The number of rotatable bonds is 8. The fourth-order valence-corrected chi connectivity index (χ4v) is 5.32. The smallest absolute Gasteiger partial charge is 0.233 e. The van der Waals surface area contributed by atoms with Crippen LogP contribution in [0.15, 0.2) is 53.7 Å². The molecule has 1 amide bonds. The fraction of sp³-hybridized carbons (Fsp3) is 0.423. The van der Waals surface area contributed by atoms with E-state index in [-0.39, 0.29) is 5.91 Å². The molecule has 0 aliphatic heterocycles. The van der Waals surface area contributed by atoms with Gasteiger partial charge in [-0.2, -0.15) is 0 Å². The van der Waals surface area contributed by atoms with Crippen molar-refractivity contribution in [3.63, 3.8) is 0 Å². The number of nitrogens with zero attached hydrogens (tertiary/aromatic N) is 4. The second-order valence-electron chi connectivity index (χ2n) is 8.47. The highest BCUT2D eigenvalue weighted by Gasteiger charge is 2.25. The van der Waals surface area contributed by atoms with Crippen molar-refractivity contribution in [2.75, 3.05) is 19.4 Å². The van der Waals surface area contributed by atoms with Crippen LogP contribution in [0.1, 0.15) is 44.6 Å². The molecular formula is C26H32N4O2S. The topological polar surface area (TPSA) is 60.3 Å². The molecule has 33 heavy (non-hydrogen) atoms. The van der Waals surface area contributed by atoms with Gasteiger partial charge in [-0.15, -0.1) is 10.2 Å². The van der Waals surface area contributed by atoms with Crippen LogP contribution in [0.5, 0.6) is 5.75 Å². The molecule has 0 N–H and O–H groups in total. The van der Waals surface area contributed by atoms with Crippen LogP contribution in [-0.4, -0.2) is 51.0 Å². The number of thioether (sulfide) groups is 1. The second kappa shape index (κ2) is 10.9. The van der Waals surface area contributed by atoms with Gasteiger partial charge in [-0.3, -0.25) is 9.36 Å². The van der Waals surface area contributed by atoms with Crippen LogP contribution in [0.25, 0.3) is 17.1 Å². The molecule has 6 nitrogen and oxygen atoms in total. The number of methoxy groups -OCH3 is 1. The zero-order valence-electron chi connectivity index (χ0n) is 19.7. The number of ether oxygens (including phenoxy) is 1. The second-order valence-corrected chi connectivity index (χ2v) is 9.41. The van der Waals surface area contributed by atoms with E-state index in [2.05, 4.69) is 53.2 Å². The standard InChI is InChI=1S/C26H32N4O2S/c1-4-29(21-10-6-5-7-11-21)24(31)18-33-26-28-27-25(20-9-8-12-23(17-20)32-3)30(26)22-15-13-19(2)14-16-22/h8-9,12-17,21H,4-7,10-11,18H2,1-3H3. The van der Waals surface area contributed by atoms with Crippen molar-refractivity contribution in [3.05, 3.63) is 54.1 Å². The van der Waals surface area contributed by atoms with E-state index in [1.54, 1.807) is 7.11 Å². The van der Waals surface area contributed by atoms with Crippen molar-refractivity contribution < 1.29 is 9.53 Å². The Kier molecular flexibility index (Phi) is 7.70. The van der Waals surface area contributed by atoms with Crippen LogP contribution in [0.4, 0.5) is 0 Å². The van der Waals surface area contributed by atoms with Gasteiger partial charge < -0.3 is 9.64 Å². The minimum absolute atomic E-state index is 0.177.